The van der Waals surface area contributed by atoms with Crippen LogP contribution in [0.3, 0.4) is 0 Å². The molecule has 0 spiro atoms. The Hall–Kier alpha value is -1.06. The van der Waals surface area contributed by atoms with Crippen molar-refractivity contribution in [3.05, 3.63) is 35.9 Å². The van der Waals surface area contributed by atoms with E-state index in [1.54, 1.807) is 0 Å². The highest BCUT2D eigenvalue weighted by molar-refractivity contribution is 6.13. The van der Waals surface area contributed by atoms with Gasteiger partial charge in [-0.2, -0.15) is 0 Å². The lowest BCUT2D eigenvalue weighted by Gasteiger charge is -2.11. The number of halogens is 1. The minimum Gasteiger partial charge on any atom is -0.481 e. The van der Waals surface area contributed by atoms with Crippen LogP contribution in [0.2, 0.25) is 0 Å². The van der Waals surface area contributed by atoms with Gasteiger partial charge >= 0.3 is 5.97 Å². The Bertz CT molecular complexity index is 289. The minimum atomic E-state index is -0.848. The summed E-state index contributed by atoms with van der Waals surface area (Å²) in [5.41, 5.74) is 1.08. The Balaban J connectivity index is 2.53. The van der Waals surface area contributed by atoms with Gasteiger partial charge in [0.1, 0.15) is 0 Å². The number of hydrogen-bond acceptors (Lipinski definition) is 2. The fraction of sp³-hybridized carbons (Fsp3) is 0.300. The molecule has 1 unspecified atom stereocenters. The lowest BCUT2D eigenvalue weighted by molar-refractivity contribution is -0.137. The fourth-order valence-electron chi connectivity index (χ4n) is 1.26. The van der Waals surface area contributed by atoms with Crippen molar-refractivity contribution in [3.63, 3.8) is 0 Å². The van der Waals surface area contributed by atoms with Crippen LogP contribution >= 0.6 is 11.8 Å². The van der Waals surface area contributed by atoms with Gasteiger partial charge in [0.15, 0.2) is 0 Å². The van der Waals surface area contributed by atoms with E-state index in [4.69, 9.17) is 16.9 Å². The Morgan fingerprint density at radius 1 is 1.43 bits per heavy atom. The van der Waals surface area contributed by atoms with E-state index < -0.39 is 5.97 Å². The highest BCUT2D eigenvalue weighted by atomic mass is 35.5. The molecule has 0 heterocycles. The lowest BCUT2D eigenvalue weighted by atomic mass is 10.0. The van der Waals surface area contributed by atoms with E-state index in [1.165, 1.54) is 0 Å². The molecule has 0 aliphatic heterocycles. The Labute approximate surface area is 87.8 Å². The molecule has 4 heteroatoms. The van der Waals surface area contributed by atoms with Gasteiger partial charge in [0.2, 0.25) is 0 Å². The molecular formula is C10H12ClNO2. The molecule has 1 aromatic carbocycles. The highest BCUT2D eigenvalue weighted by Gasteiger charge is 2.11. The van der Waals surface area contributed by atoms with E-state index in [0.717, 1.165) is 5.56 Å². The van der Waals surface area contributed by atoms with Crippen LogP contribution in [0, 0.1) is 0 Å². The van der Waals surface area contributed by atoms with Crippen LogP contribution in [0.5, 0.6) is 0 Å². The molecule has 3 nitrogen and oxygen atoms in total. The lowest BCUT2D eigenvalue weighted by Crippen LogP contribution is -2.26. The molecule has 1 rings (SSSR count). The Morgan fingerprint density at radius 3 is 2.57 bits per heavy atom. The predicted molar refractivity (Wildman–Crippen MR) is 55.2 cm³/mol. The summed E-state index contributed by atoms with van der Waals surface area (Å²) in [6.07, 6.45) is 0.648. The van der Waals surface area contributed by atoms with E-state index >= 15 is 0 Å². The third-order valence-electron chi connectivity index (χ3n) is 1.90. The molecule has 0 amide bonds. The number of nitrogens with one attached hydrogen (secondary N) is 1. The summed E-state index contributed by atoms with van der Waals surface area (Å²) in [5, 5.41) is 8.59. The normalized spacial score (nSPS) is 12.4. The molecule has 76 valence electrons. The summed E-state index contributed by atoms with van der Waals surface area (Å²) in [5.74, 6) is -0.848. The summed E-state index contributed by atoms with van der Waals surface area (Å²) >= 11 is 5.45. The molecule has 0 aromatic heterocycles. The van der Waals surface area contributed by atoms with E-state index in [0.29, 0.717) is 6.42 Å². The second-order valence-corrected chi connectivity index (χ2v) is 3.31. The van der Waals surface area contributed by atoms with Crippen LogP contribution in [0.15, 0.2) is 30.3 Å². The third kappa shape index (κ3) is 3.77. The summed E-state index contributed by atoms with van der Waals surface area (Å²) in [4.78, 5) is 12.9. The number of carboxylic acid groups (broad SMARTS) is 1. The van der Waals surface area contributed by atoms with Gasteiger partial charge in [-0.25, -0.2) is 4.84 Å². The summed E-state index contributed by atoms with van der Waals surface area (Å²) in [6.45, 7) is 0. The molecule has 1 atom stereocenters. The quantitative estimate of drug-likeness (QED) is 0.734. The van der Waals surface area contributed by atoms with E-state index in [1.807, 2.05) is 30.3 Å². The summed E-state index contributed by atoms with van der Waals surface area (Å²) < 4.78 is 0. The molecule has 0 fully saturated rings. The van der Waals surface area contributed by atoms with Gasteiger partial charge in [-0.05, 0) is 23.8 Å². The van der Waals surface area contributed by atoms with Crippen molar-refractivity contribution in [1.82, 2.24) is 4.84 Å². The van der Waals surface area contributed by atoms with Crippen molar-refractivity contribution in [2.75, 3.05) is 0 Å². The van der Waals surface area contributed by atoms with Crippen molar-refractivity contribution in [1.29, 1.82) is 0 Å². The van der Waals surface area contributed by atoms with Gasteiger partial charge in [0, 0.05) is 6.04 Å². The largest absolute Gasteiger partial charge is 0.481 e. The number of benzene rings is 1. The molecule has 1 aromatic rings. The van der Waals surface area contributed by atoms with Crippen LogP contribution in [-0.2, 0) is 11.2 Å². The zero-order valence-electron chi connectivity index (χ0n) is 7.61. The highest BCUT2D eigenvalue weighted by Crippen LogP contribution is 2.06. The zero-order valence-corrected chi connectivity index (χ0v) is 8.37. The average molecular weight is 214 g/mol. The summed E-state index contributed by atoms with van der Waals surface area (Å²) in [6, 6.07) is 9.43. The third-order valence-corrected chi connectivity index (χ3v) is 2.21. The van der Waals surface area contributed by atoms with E-state index in [2.05, 4.69) is 4.84 Å². The zero-order chi connectivity index (χ0) is 10.4. The summed E-state index contributed by atoms with van der Waals surface area (Å²) in [7, 11) is 0. The maximum Gasteiger partial charge on any atom is 0.304 e. The molecular weight excluding hydrogens is 202 g/mol. The van der Waals surface area contributed by atoms with Crippen molar-refractivity contribution >= 4 is 17.7 Å². The van der Waals surface area contributed by atoms with Crippen LogP contribution in [0.25, 0.3) is 0 Å². The molecule has 0 saturated heterocycles. The van der Waals surface area contributed by atoms with Gasteiger partial charge < -0.3 is 5.11 Å². The van der Waals surface area contributed by atoms with Crippen LogP contribution in [0.1, 0.15) is 12.0 Å². The standard InChI is InChI=1S/C10H12ClNO2/c11-12-9(7-10(13)14)6-8-4-2-1-3-5-8/h1-5,9,12H,6-7H2,(H,13,14). The molecule has 14 heavy (non-hydrogen) atoms. The first kappa shape index (κ1) is 11.0. The van der Waals surface area contributed by atoms with E-state index in [-0.39, 0.29) is 12.5 Å². The molecule has 0 aliphatic carbocycles. The number of carboxylic acids is 1. The van der Waals surface area contributed by atoms with Crippen LogP contribution in [-0.4, -0.2) is 17.1 Å². The van der Waals surface area contributed by atoms with Crippen molar-refractivity contribution in [2.24, 2.45) is 0 Å². The first-order valence-corrected chi connectivity index (χ1v) is 4.72. The Morgan fingerprint density at radius 2 is 2.07 bits per heavy atom. The SMILES string of the molecule is O=C(O)CC(Cc1ccccc1)NCl. The first-order chi connectivity index (χ1) is 6.72. The fourth-order valence-corrected chi connectivity index (χ4v) is 1.41. The topological polar surface area (TPSA) is 49.3 Å². The predicted octanol–water partition coefficient (Wildman–Crippen LogP) is 1.82. The number of carbonyl (C=O) groups is 1. The number of aliphatic carboxylic acids is 1. The van der Waals surface area contributed by atoms with Gasteiger partial charge in [0.05, 0.1) is 6.42 Å². The number of hydrogen-bond donors (Lipinski definition) is 2. The molecule has 0 saturated carbocycles. The Kier molecular flexibility index (Phi) is 4.43. The van der Waals surface area contributed by atoms with Crippen LogP contribution < -0.4 is 4.84 Å². The number of rotatable bonds is 5. The van der Waals surface area contributed by atoms with Crippen molar-refractivity contribution in [3.8, 4) is 0 Å². The van der Waals surface area contributed by atoms with Gasteiger partial charge in [-0.1, -0.05) is 30.3 Å². The maximum atomic E-state index is 10.5. The van der Waals surface area contributed by atoms with Crippen molar-refractivity contribution < 1.29 is 9.90 Å². The maximum absolute atomic E-state index is 10.5. The van der Waals surface area contributed by atoms with Gasteiger partial charge in [0.25, 0.3) is 0 Å². The average Bonchev–Trinajstić information content (AvgIpc) is 2.17. The first-order valence-electron chi connectivity index (χ1n) is 4.34. The van der Waals surface area contributed by atoms with E-state index in [9.17, 15) is 4.79 Å². The molecule has 0 aliphatic rings. The van der Waals surface area contributed by atoms with Gasteiger partial charge in [-0.15, -0.1) is 0 Å². The molecule has 0 radical (unpaired) electrons. The molecule has 2 N–H and O–H groups in total. The van der Waals surface area contributed by atoms with Crippen LogP contribution in [0.4, 0.5) is 0 Å². The molecule has 0 bridgehead atoms. The van der Waals surface area contributed by atoms with Gasteiger partial charge in [-0.3, -0.25) is 4.79 Å². The monoisotopic (exact) mass is 213 g/mol. The second kappa shape index (κ2) is 5.62. The second-order valence-electron chi connectivity index (χ2n) is 3.09. The van der Waals surface area contributed by atoms with Crippen molar-refractivity contribution in [2.45, 2.75) is 18.9 Å². The minimum absolute atomic E-state index is 0.0262. The smallest absolute Gasteiger partial charge is 0.304 e.